The molecule has 0 atom stereocenters. The summed E-state index contributed by atoms with van der Waals surface area (Å²) < 4.78 is 5.27. The maximum Gasteiger partial charge on any atom is 0.134 e. The number of rotatable bonds is 8. The summed E-state index contributed by atoms with van der Waals surface area (Å²) in [6, 6.07) is 2.03. The van der Waals surface area contributed by atoms with Crippen molar-refractivity contribution in [3.05, 3.63) is 16.3 Å². The second kappa shape index (κ2) is 7.69. The number of nitrogens with one attached hydrogen (secondary N) is 1. The van der Waals surface area contributed by atoms with Gasteiger partial charge in [0.15, 0.2) is 0 Å². The van der Waals surface area contributed by atoms with Crippen LogP contribution in [0.25, 0.3) is 0 Å². The molecule has 0 radical (unpaired) electrons. The Morgan fingerprint density at radius 1 is 1.38 bits per heavy atom. The van der Waals surface area contributed by atoms with Gasteiger partial charge in [0.05, 0.1) is 12.0 Å². The predicted molar refractivity (Wildman–Crippen MR) is 71.3 cm³/mol. The Balaban J connectivity index is 2.07. The van der Waals surface area contributed by atoms with Crippen molar-refractivity contribution in [3.63, 3.8) is 0 Å². The van der Waals surface area contributed by atoms with Gasteiger partial charge in [-0.25, -0.2) is 0 Å². The van der Waals surface area contributed by atoms with E-state index in [-0.39, 0.29) is 0 Å². The molecule has 1 aromatic rings. The Morgan fingerprint density at radius 3 is 2.88 bits per heavy atom. The average Bonchev–Trinajstić information content (AvgIpc) is 2.70. The van der Waals surface area contributed by atoms with Crippen molar-refractivity contribution in [2.75, 3.05) is 13.7 Å². The van der Waals surface area contributed by atoms with Crippen molar-refractivity contribution in [2.24, 2.45) is 5.92 Å². The summed E-state index contributed by atoms with van der Waals surface area (Å²) in [5.74, 6) is 1.84. The molecule has 2 nitrogen and oxygen atoms in total. The molecule has 0 amide bonds. The monoisotopic (exact) mass is 241 g/mol. The Morgan fingerprint density at radius 2 is 2.19 bits per heavy atom. The third kappa shape index (κ3) is 4.99. The molecule has 92 valence electrons. The molecule has 1 heterocycles. The van der Waals surface area contributed by atoms with Crippen LogP contribution in [0.3, 0.4) is 0 Å². The molecular weight excluding hydrogens is 218 g/mol. The fraction of sp³-hybridized carbons (Fsp3) is 0.692. The lowest BCUT2D eigenvalue weighted by molar-refractivity contribution is 0.410. The van der Waals surface area contributed by atoms with Crippen LogP contribution in [0.2, 0.25) is 0 Å². The van der Waals surface area contributed by atoms with E-state index in [1.807, 2.05) is 6.07 Å². The van der Waals surface area contributed by atoms with Gasteiger partial charge in [0, 0.05) is 6.54 Å². The van der Waals surface area contributed by atoms with Crippen LogP contribution < -0.4 is 10.1 Å². The van der Waals surface area contributed by atoms with Gasteiger partial charge in [-0.05, 0) is 30.3 Å². The van der Waals surface area contributed by atoms with Gasteiger partial charge in [0.25, 0.3) is 0 Å². The Hall–Kier alpha value is -0.540. The number of hydrogen-bond donors (Lipinski definition) is 1. The Bertz CT molecular complexity index is 283. The summed E-state index contributed by atoms with van der Waals surface area (Å²) in [5, 5.41) is 5.54. The third-order valence-corrected chi connectivity index (χ3v) is 3.50. The van der Waals surface area contributed by atoms with Crippen LogP contribution in [0.5, 0.6) is 5.75 Å². The maximum absolute atomic E-state index is 5.27. The van der Waals surface area contributed by atoms with Gasteiger partial charge >= 0.3 is 0 Å². The molecule has 1 N–H and O–H groups in total. The van der Waals surface area contributed by atoms with Crippen molar-refractivity contribution in [1.82, 2.24) is 5.32 Å². The number of thiophene rings is 1. The Labute approximate surface area is 103 Å². The summed E-state index contributed by atoms with van der Waals surface area (Å²) in [4.78, 5) is 1.30. The maximum atomic E-state index is 5.27. The van der Waals surface area contributed by atoms with Gasteiger partial charge in [-0.2, -0.15) is 0 Å². The fourth-order valence-electron chi connectivity index (χ4n) is 1.64. The van der Waals surface area contributed by atoms with Crippen molar-refractivity contribution in [2.45, 2.75) is 39.7 Å². The zero-order chi connectivity index (χ0) is 11.8. The summed E-state index contributed by atoms with van der Waals surface area (Å²) >= 11 is 1.76. The second-order valence-electron chi connectivity index (χ2n) is 4.48. The lowest BCUT2D eigenvalue weighted by atomic mass is 10.1. The quantitative estimate of drug-likeness (QED) is 0.701. The van der Waals surface area contributed by atoms with Crippen LogP contribution in [-0.4, -0.2) is 13.7 Å². The number of unbranched alkanes of at least 4 members (excludes halogenated alkanes) is 1. The van der Waals surface area contributed by atoms with Gasteiger partial charge in [0.1, 0.15) is 5.75 Å². The van der Waals surface area contributed by atoms with E-state index >= 15 is 0 Å². The molecule has 0 aliphatic heterocycles. The minimum atomic E-state index is 0.831. The second-order valence-corrected chi connectivity index (χ2v) is 5.48. The highest BCUT2D eigenvalue weighted by Gasteiger charge is 2.02. The van der Waals surface area contributed by atoms with Gasteiger partial charge in [-0.3, -0.25) is 0 Å². The standard InChI is InChI=1S/C13H23NOS/c1-11(2)6-4-5-8-14-10-13-12(15-3)7-9-16-13/h7,9,11,14H,4-6,8,10H2,1-3H3. The molecule has 1 aromatic heterocycles. The molecule has 16 heavy (non-hydrogen) atoms. The molecule has 0 spiro atoms. The van der Waals surface area contributed by atoms with E-state index in [4.69, 9.17) is 4.74 Å². The zero-order valence-corrected chi connectivity index (χ0v) is 11.4. The first kappa shape index (κ1) is 13.5. The molecule has 0 aliphatic rings. The van der Waals surface area contributed by atoms with E-state index in [2.05, 4.69) is 24.5 Å². The van der Waals surface area contributed by atoms with E-state index in [1.54, 1.807) is 18.4 Å². The van der Waals surface area contributed by atoms with E-state index in [0.29, 0.717) is 0 Å². The summed E-state index contributed by atoms with van der Waals surface area (Å²) in [7, 11) is 1.73. The summed E-state index contributed by atoms with van der Waals surface area (Å²) in [6.07, 6.45) is 3.93. The lowest BCUT2D eigenvalue weighted by Crippen LogP contribution is -2.14. The molecule has 0 fully saturated rings. The van der Waals surface area contributed by atoms with Crippen LogP contribution >= 0.6 is 11.3 Å². The van der Waals surface area contributed by atoms with E-state index < -0.39 is 0 Å². The van der Waals surface area contributed by atoms with Crippen molar-refractivity contribution in [3.8, 4) is 5.75 Å². The minimum Gasteiger partial charge on any atom is -0.496 e. The van der Waals surface area contributed by atoms with Crippen LogP contribution in [0.15, 0.2) is 11.4 Å². The third-order valence-electron chi connectivity index (χ3n) is 2.60. The molecule has 3 heteroatoms. The topological polar surface area (TPSA) is 21.3 Å². The van der Waals surface area contributed by atoms with Crippen LogP contribution in [-0.2, 0) is 6.54 Å². The highest BCUT2D eigenvalue weighted by atomic mass is 32.1. The molecule has 0 aromatic carbocycles. The normalized spacial score (nSPS) is 11.0. The first-order valence-electron chi connectivity index (χ1n) is 6.05. The van der Waals surface area contributed by atoms with E-state index in [1.165, 1.54) is 24.1 Å². The number of methoxy groups -OCH3 is 1. The largest absolute Gasteiger partial charge is 0.496 e. The van der Waals surface area contributed by atoms with Crippen LogP contribution in [0, 0.1) is 5.92 Å². The lowest BCUT2D eigenvalue weighted by Gasteiger charge is -2.06. The van der Waals surface area contributed by atoms with Gasteiger partial charge < -0.3 is 10.1 Å². The summed E-state index contributed by atoms with van der Waals surface area (Å²) in [6.45, 7) is 6.60. The van der Waals surface area contributed by atoms with Gasteiger partial charge in [-0.15, -0.1) is 11.3 Å². The summed E-state index contributed by atoms with van der Waals surface area (Å²) in [5.41, 5.74) is 0. The molecule has 0 aliphatic carbocycles. The Kier molecular flexibility index (Phi) is 6.50. The van der Waals surface area contributed by atoms with E-state index in [9.17, 15) is 0 Å². The molecule has 0 saturated carbocycles. The highest BCUT2D eigenvalue weighted by molar-refractivity contribution is 7.10. The average molecular weight is 241 g/mol. The highest BCUT2D eigenvalue weighted by Crippen LogP contribution is 2.23. The fourth-order valence-corrected chi connectivity index (χ4v) is 2.45. The molecular formula is C13H23NOS. The molecule has 1 rings (SSSR count). The van der Waals surface area contributed by atoms with Crippen molar-refractivity contribution < 1.29 is 4.74 Å². The van der Waals surface area contributed by atoms with Gasteiger partial charge in [0.2, 0.25) is 0 Å². The molecule has 0 bridgehead atoms. The zero-order valence-electron chi connectivity index (χ0n) is 10.6. The first-order valence-corrected chi connectivity index (χ1v) is 6.93. The first-order chi connectivity index (χ1) is 7.74. The molecule has 0 saturated heterocycles. The van der Waals surface area contributed by atoms with Crippen molar-refractivity contribution in [1.29, 1.82) is 0 Å². The van der Waals surface area contributed by atoms with E-state index in [0.717, 1.165) is 24.8 Å². The smallest absolute Gasteiger partial charge is 0.134 e. The molecule has 0 unspecified atom stereocenters. The van der Waals surface area contributed by atoms with Crippen molar-refractivity contribution >= 4 is 11.3 Å². The SMILES string of the molecule is COc1ccsc1CNCCCCC(C)C. The van der Waals surface area contributed by atoms with Crippen LogP contribution in [0.4, 0.5) is 0 Å². The number of hydrogen-bond acceptors (Lipinski definition) is 3. The number of ether oxygens (including phenoxy) is 1. The van der Waals surface area contributed by atoms with Gasteiger partial charge in [-0.1, -0.05) is 26.7 Å². The predicted octanol–water partition coefficient (Wildman–Crippen LogP) is 3.67. The van der Waals surface area contributed by atoms with Crippen LogP contribution in [0.1, 0.15) is 38.0 Å². The minimum absolute atomic E-state index is 0.831.